The number of aliphatic imine (C=N–C) groups is 1. The molecule has 4 nitrogen and oxygen atoms in total. The Morgan fingerprint density at radius 1 is 1.65 bits per heavy atom. The van der Waals surface area contributed by atoms with Crippen LogP contribution in [0.4, 0.5) is 0 Å². The number of nitrogens with one attached hydrogen (secondary N) is 2. The van der Waals surface area contributed by atoms with E-state index in [1.54, 1.807) is 6.08 Å². The molecule has 0 aromatic rings. The monoisotopic (exact) mass is 231 g/mol. The molecule has 4 heteroatoms. The van der Waals surface area contributed by atoms with Gasteiger partial charge in [-0.05, 0) is 36.0 Å². The van der Waals surface area contributed by atoms with Crippen LogP contribution >= 0.6 is 0 Å². The molecule has 1 atom stereocenters. The van der Waals surface area contributed by atoms with Crippen molar-refractivity contribution in [2.24, 2.45) is 10.4 Å². The van der Waals surface area contributed by atoms with Crippen LogP contribution in [0.25, 0.3) is 0 Å². The Balaban J connectivity index is 1.97. The summed E-state index contributed by atoms with van der Waals surface area (Å²) >= 11 is 0. The molecule has 0 saturated carbocycles. The Hall–Kier alpha value is -1.84. The standard InChI is InChI=1S/C13H17N3O/c1-13(4-2-11(17)3-5-13)7-10-6-12(15-8-10)16-9-14/h2-4,8-9,17H,5-7H2,1H3,(H2,14,15,16)/t13-/m0/s1. The van der Waals surface area contributed by atoms with E-state index in [-0.39, 0.29) is 5.41 Å². The fourth-order valence-electron chi connectivity index (χ4n) is 2.19. The Bertz CT molecular complexity index is 446. The summed E-state index contributed by atoms with van der Waals surface area (Å²) in [6, 6.07) is 0. The van der Waals surface area contributed by atoms with Crippen LogP contribution in [0.3, 0.4) is 0 Å². The summed E-state index contributed by atoms with van der Waals surface area (Å²) in [5.74, 6) is 1.18. The Kier molecular flexibility index (Phi) is 3.13. The summed E-state index contributed by atoms with van der Waals surface area (Å²) in [6.07, 6.45) is 11.3. The molecule has 0 saturated heterocycles. The van der Waals surface area contributed by atoms with Gasteiger partial charge < -0.3 is 10.4 Å². The number of aliphatic hydroxyl groups excluding tert-OH is 1. The van der Waals surface area contributed by atoms with E-state index in [9.17, 15) is 5.11 Å². The maximum Gasteiger partial charge on any atom is 0.111 e. The van der Waals surface area contributed by atoms with Gasteiger partial charge in [0.2, 0.25) is 0 Å². The van der Waals surface area contributed by atoms with Gasteiger partial charge in [-0.25, -0.2) is 4.99 Å². The van der Waals surface area contributed by atoms with Crippen molar-refractivity contribution in [1.82, 2.24) is 5.32 Å². The van der Waals surface area contributed by atoms with Crippen LogP contribution in [0.5, 0.6) is 0 Å². The molecule has 0 spiro atoms. The van der Waals surface area contributed by atoms with Crippen LogP contribution in [0.1, 0.15) is 26.2 Å². The van der Waals surface area contributed by atoms with Crippen molar-refractivity contribution in [2.75, 3.05) is 0 Å². The van der Waals surface area contributed by atoms with Crippen molar-refractivity contribution in [2.45, 2.75) is 26.2 Å². The maximum absolute atomic E-state index is 9.32. The molecule has 1 aliphatic carbocycles. The molecular weight excluding hydrogens is 214 g/mol. The zero-order valence-corrected chi connectivity index (χ0v) is 9.90. The molecule has 0 aromatic heterocycles. The van der Waals surface area contributed by atoms with Gasteiger partial charge in [-0.15, -0.1) is 0 Å². The second-order valence-corrected chi connectivity index (χ2v) is 4.83. The summed E-state index contributed by atoms with van der Waals surface area (Å²) < 4.78 is 0. The van der Waals surface area contributed by atoms with Crippen LogP contribution in [-0.4, -0.2) is 17.3 Å². The van der Waals surface area contributed by atoms with Crippen molar-refractivity contribution >= 4 is 12.2 Å². The van der Waals surface area contributed by atoms with E-state index in [4.69, 9.17) is 5.41 Å². The van der Waals surface area contributed by atoms with Crippen LogP contribution in [0.2, 0.25) is 0 Å². The van der Waals surface area contributed by atoms with E-state index < -0.39 is 0 Å². The number of nitrogens with zero attached hydrogens (tertiary/aromatic N) is 1. The van der Waals surface area contributed by atoms with Gasteiger partial charge in [0.1, 0.15) is 17.9 Å². The number of rotatable bonds is 3. The second-order valence-electron chi connectivity index (χ2n) is 4.83. The summed E-state index contributed by atoms with van der Waals surface area (Å²) in [7, 11) is 0. The number of hydrogen-bond acceptors (Lipinski definition) is 2. The maximum atomic E-state index is 9.32. The summed E-state index contributed by atoms with van der Waals surface area (Å²) in [5.41, 5.74) is 1.35. The molecule has 0 unspecified atom stereocenters. The highest BCUT2D eigenvalue weighted by Crippen LogP contribution is 2.36. The van der Waals surface area contributed by atoms with Crippen molar-refractivity contribution < 1.29 is 5.11 Å². The van der Waals surface area contributed by atoms with Crippen LogP contribution in [0, 0.1) is 10.8 Å². The highest BCUT2D eigenvalue weighted by Gasteiger charge is 2.25. The number of amidine groups is 1. The average Bonchev–Trinajstić information content (AvgIpc) is 2.71. The van der Waals surface area contributed by atoms with E-state index in [1.165, 1.54) is 5.57 Å². The van der Waals surface area contributed by atoms with Gasteiger partial charge in [-0.3, -0.25) is 5.41 Å². The van der Waals surface area contributed by atoms with Gasteiger partial charge in [-0.2, -0.15) is 0 Å². The zero-order chi connectivity index (χ0) is 12.3. The first-order valence-corrected chi connectivity index (χ1v) is 5.70. The third kappa shape index (κ3) is 2.84. The topological polar surface area (TPSA) is 68.5 Å². The fraction of sp³-hybridized carbons (Fsp3) is 0.385. The number of hydrogen-bond donors (Lipinski definition) is 3. The Morgan fingerprint density at radius 2 is 2.47 bits per heavy atom. The largest absolute Gasteiger partial charge is 0.508 e. The third-order valence-corrected chi connectivity index (χ3v) is 3.12. The fourth-order valence-corrected chi connectivity index (χ4v) is 2.19. The molecule has 0 bridgehead atoms. The van der Waals surface area contributed by atoms with Crippen molar-refractivity contribution in [3.8, 4) is 0 Å². The normalized spacial score (nSPS) is 29.8. The molecular formula is C13H17N3O. The van der Waals surface area contributed by atoms with Gasteiger partial charge in [0.25, 0.3) is 0 Å². The summed E-state index contributed by atoms with van der Waals surface area (Å²) in [6.45, 7) is 2.18. The molecule has 17 heavy (non-hydrogen) atoms. The molecule has 2 rings (SSSR count). The molecule has 0 aromatic carbocycles. The highest BCUT2D eigenvalue weighted by molar-refractivity contribution is 5.92. The van der Waals surface area contributed by atoms with E-state index in [1.807, 2.05) is 12.3 Å². The molecule has 2 aliphatic rings. The first kappa shape index (κ1) is 11.6. The van der Waals surface area contributed by atoms with Crippen LogP contribution < -0.4 is 5.32 Å². The molecule has 90 valence electrons. The first-order chi connectivity index (χ1) is 8.11. The summed E-state index contributed by atoms with van der Waals surface area (Å²) in [5, 5.41) is 19.3. The smallest absolute Gasteiger partial charge is 0.111 e. The minimum Gasteiger partial charge on any atom is -0.508 e. The molecule has 0 amide bonds. The lowest BCUT2D eigenvalue weighted by Gasteiger charge is -2.27. The number of aliphatic hydroxyl groups is 1. The van der Waals surface area contributed by atoms with E-state index in [0.717, 1.165) is 31.4 Å². The molecule has 0 fully saturated rings. The predicted octanol–water partition coefficient (Wildman–Crippen LogP) is 2.67. The van der Waals surface area contributed by atoms with Gasteiger partial charge in [0, 0.05) is 12.6 Å². The predicted molar refractivity (Wildman–Crippen MR) is 69.2 cm³/mol. The van der Waals surface area contributed by atoms with Gasteiger partial charge in [-0.1, -0.05) is 13.0 Å². The Labute approximate surface area is 101 Å². The zero-order valence-electron chi connectivity index (χ0n) is 9.90. The summed E-state index contributed by atoms with van der Waals surface area (Å²) in [4.78, 5) is 3.93. The molecule has 1 aliphatic heterocycles. The van der Waals surface area contributed by atoms with Crippen LogP contribution in [0.15, 0.2) is 40.8 Å². The van der Waals surface area contributed by atoms with E-state index >= 15 is 0 Å². The lowest BCUT2D eigenvalue weighted by Crippen LogP contribution is -2.16. The first-order valence-electron chi connectivity index (χ1n) is 5.70. The van der Waals surface area contributed by atoms with E-state index in [0.29, 0.717) is 5.76 Å². The minimum atomic E-state index is 0.0693. The molecule has 0 radical (unpaired) electrons. The molecule has 1 heterocycles. The van der Waals surface area contributed by atoms with Crippen LogP contribution in [-0.2, 0) is 0 Å². The minimum absolute atomic E-state index is 0.0693. The quantitative estimate of drug-likeness (QED) is 0.516. The Morgan fingerprint density at radius 3 is 3.12 bits per heavy atom. The van der Waals surface area contributed by atoms with Gasteiger partial charge in [0.05, 0.1) is 0 Å². The number of allylic oxidation sites excluding steroid dienone is 3. The SMILES string of the molecule is C[C@]1(CC2=CNC(=NC=N)C2)C=CC(O)=CC1. The van der Waals surface area contributed by atoms with Crippen molar-refractivity contribution in [3.05, 3.63) is 35.8 Å². The lowest BCUT2D eigenvalue weighted by atomic mass is 9.78. The average molecular weight is 231 g/mol. The van der Waals surface area contributed by atoms with Crippen molar-refractivity contribution in [3.63, 3.8) is 0 Å². The second kappa shape index (κ2) is 4.57. The third-order valence-electron chi connectivity index (χ3n) is 3.12. The molecule has 3 N–H and O–H groups in total. The van der Waals surface area contributed by atoms with E-state index in [2.05, 4.69) is 23.3 Å². The van der Waals surface area contributed by atoms with Gasteiger partial charge in [0.15, 0.2) is 0 Å². The van der Waals surface area contributed by atoms with Crippen molar-refractivity contribution in [1.29, 1.82) is 5.41 Å². The highest BCUT2D eigenvalue weighted by atomic mass is 16.3. The lowest BCUT2D eigenvalue weighted by molar-refractivity contribution is 0.379. The van der Waals surface area contributed by atoms with Gasteiger partial charge >= 0.3 is 0 Å².